The maximum Gasteiger partial charge on any atom is 0.266 e. The lowest BCUT2D eigenvalue weighted by Gasteiger charge is -2.04. The number of anilines is 1. The molecule has 1 N–H and O–H groups in total. The number of hydrogen-bond donors (Lipinski definition) is 1. The summed E-state index contributed by atoms with van der Waals surface area (Å²) in [4.78, 5) is 4.13. The second-order valence-corrected chi connectivity index (χ2v) is 5.21. The summed E-state index contributed by atoms with van der Waals surface area (Å²) in [6.45, 7) is 4.87. The lowest BCUT2D eigenvalue weighted by atomic mass is 10.2. The van der Waals surface area contributed by atoms with Crippen molar-refractivity contribution in [3.63, 3.8) is 0 Å². The predicted octanol–water partition coefficient (Wildman–Crippen LogP) is 4.13. The number of hydrogen-bond acceptors (Lipinski definition) is 6. The zero-order valence-corrected chi connectivity index (χ0v) is 13.5. The van der Waals surface area contributed by atoms with Crippen LogP contribution in [0, 0.1) is 18.3 Å². The van der Waals surface area contributed by atoms with E-state index in [1.165, 1.54) is 5.56 Å². The quantitative estimate of drug-likeness (QED) is 0.734. The van der Waals surface area contributed by atoms with Crippen LogP contribution in [-0.2, 0) is 6.61 Å². The van der Waals surface area contributed by atoms with E-state index in [-0.39, 0.29) is 11.6 Å². The van der Waals surface area contributed by atoms with Crippen molar-refractivity contribution in [3.05, 3.63) is 53.4 Å². The minimum atomic E-state index is 0.209. The summed E-state index contributed by atoms with van der Waals surface area (Å²) in [5.74, 6) is 2.49. The Morgan fingerprint density at radius 1 is 1.17 bits per heavy atom. The fraction of sp³-hybridized carbons (Fsp3) is 0.222. The molecule has 0 unspecified atom stereocenters. The molecule has 1 aromatic carbocycles. The number of nitrogens with zero attached hydrogens (tertiary/aromatic N) is 2. The van der Waals surface area contributed by atoms with Crippen LogP contribution in [0.25, 0.3) is 11.7 Å². The van der Waals surface area contributed by atoms with Gasteiger partial charge in [0, 0.05) is 6.54 Å². The molecular weight excluding hydrogens is 306 g/mol. The highest BCUT2D eigenvalue weighted by atomic mass is 16.5. The van der Waals surface area contributed by atoms with Crippen molar-refractivity contribution in [3.8, 4) is 23.5 Å². The van der Waals surface area contributed by atoms with Crippen molar-refractivity contribution in [1.29, 1.82) is 5.26 Å². The maximum atomic E-state index is 9.08. The fourth-order valence-electron chi connectivity index (χ4n) is 2.14. The average molecular weight is 323 g/mol. The van der Waals surface area contributed by atoms with Crippen LogP contribution in [-0.4, -0.2) is 11.5 Å². The summed E-state index contributed by atoms with van der Waals surface area (Å²) in [6, 6.07) is 13.3. The van der Waals surface area contributed by atoms with Gasteiger partial charge in [-0.1, -0.05) is 17.7 Å². The Morgan fingerprint density at radius 3 is 2.67 bits per heavy atom. The Kier molecular flexibility index (Phi) is 4.52. The van der Waals surface area contributed by atoms with Crippen molar-refractivity contribution >= 4 is 5.88 Å². The van der Waals surface area contributed by atoms with Crippen molar-refractivity contribution in [1.82, 2.24) is 4.98 Å². The SMILES string of the molecule is CCNc1oc(-c2ccc(COc3ccc(C)cc3)o2)nc1C#N. The van der Waals surface area contributed by atoms with Crippen molar-refractivity contribution in [2.75, 3.05) is 11.9 Å². The summed E-state index contributed by atoms with van der Waals surface area (Å²) >= 11 is 0. The second kappa shape index (κ2) is 6.92. The molecule has 0 atom stereocenters. The van der Waals surface area contributed by atoms with Gasteiger partial charge in [-0.15, -0.1) is 0 Å². The first-order valence-corrected chi connectivity index (χ1v) is 7.63. The molecule has 0 aliphatic rings. The molecule has 0 spiro atoms. The molecule has 122 valence electrons. The summed E-state index contributed by atoms with van der Waals surface area (Å²) in [7, 11) is 0. The van der Waals surface area contributed by atoms with Crippen LogP contribution in [0.3, 0.4) is 0 Å². The number of nitrogens with one attached hydrogen (secondary N) is 1. The van der Waals surface area contributed by atoms with E-state index in [4.69, 9.17) is 18.8 Å². The molecule has 0 aliphatic heterocycles. The first-order chi connectivity index (χ1) is 11.7. The van der Waals surface area contributed by atoms with Gasteiger partial charge in [0.1, 0.15) is 24.2 Å². The van der Waals surface area contributed by atoms with E-state index in [0.717, 1.165) is 5.75 Å². The number of ether oxygens (including phenoxy) is 1. The number of oxazole rings is 1. The topological polar surface area (TPSA) is 84.2 Å². The van der Waals surface area contributed by atoms with Crippen molar-refractivity contribution in [2.45, 2.75) is 20.5 Å². The third-order valence-corrected chi connectivity index (χ3v) is 3.34. The molecule has 3 aromatic rings. The molecule has 0 amide bonds. The standard InChI is InChI=1S/C18H17N3O3/c1-3-20-17-15(10-19)21-18(24-17)16-9-8-14(23-16)11-22-13-6-4-12(2)5-7-13/h4-9,20H,3,11H2,1-2H3. The van der Waals surface area contributed by atoms with E-state index in [1.807, 2.05) is 44.2 Å². The van der Waals surface area contributed by atoms with E-state index in [2.05, 4.69) is 10.3 Å². The Morgan fingerprint density at radius 2 is 1.96 bits per heavy atom. The molecule has 6 heteroatoms. The summed E-state index contributed by atoms with van der Waals surface area (Å²) < 4.78 is 16.9. The maximum absolute atomic E-state index is 9.08. The molecule has 2 aromatic heterocycles. The van der Waals surface area contributed by atoms with Crippen LogP contribution >= 0.6 is 0 Å². The molecule has 0 bridgehead atoms. The number of furan rings is 1. The van der Waals surface area contributed by atoms with Crippen LogP contribution < -0.4 is 10.1 Å². The molecule has 2 heterocycles. The monoisotopic (exact) mass is 323 g/mol. The van der Waals surface area contributed by atoms with E-state index < -0.39 is 0 Å². The van der Waals surface area contributed by atoms with E-state index in [9.17, 15) is 0 Å². The summed E-state index contributed by atoms with van der Waals surface area (Å²) in [5.41, 5.74) is 1.39. The van der Waals surface area contributed by atoms with Gasteiger partial charge in [-0.3, -0.25) is 0 Å². The number of rotatable bonds is 6. The van der Waals surface area contributed by atoms with Crippen LogP contribution in [0.4, 0.5) is 5.88 Å². The van der Waals surface area contributed by atoms with E-state index in [1.54, 1.807) is 12.1 Å². The molecule has 0 aliphatic carbocycles. The van der Waals surface area contributed by atoms with Gasteiger partial charge in [0.05, 0.1) is 0 Å². The number of benzene rings is 1. The first kappa shape index (κ1) is 15.7. The number of aryl methyl sites for hydroxylation is 1. The van der Waals surface area contributed by atoms with Crippen LogP contribution in [0.1, 0.15) is 23.9 Å². The van der Waals surface area contributed by atoms with E-state index >= 15 is 0 Å². The van der Waals surface area contributed by atoms with Crippen molar-refractivity contribution < 1.29 is 13.6 Å². The van der Waals surface area contributed by atoms with Crippen molar-refractivity contribution in [2.24, 2.45) is 0 Å². The van der Waals surface area contributed by atoms with E-state index in [0.29, 0.717) is 30.6 Å². The molecule has 6 nitrogen and oxygen atoms in total. The number of aromatic nitrogens is 1. The Bertz CT molecular complexity index is 857. The smallest absolute Gasteiger partial charge is 0.266 e. The van der Waals surface area contributed by atoms with Gasteiger partial charge in [0.2, 0.25) is 11.6 Å². The molecule has 3 rings (SSSR count). The van der Waals surface area contributed by atoms with Gasteiger partial charge in [-0.25, -0.2) is 0 Å². The number of nitriles is 1. The zero-order chi connectivity index (χ0) is 16.9. The van der Waals surface area contributed by atoms with Crippen LogP contribution in [0.5, 0.6) is 5.75 Å². The molecule has 0 saturated carbocycles. The first-order valence-electron chi connectivity index (χ1n) is 7.63. The summed E-state index contributed by atoms with van der Waals surface area (Å²) in [5, 5.41) is 12.0. The Hall–Kier alpha value is -3.20. The highest BCUT2D eigenvalue weighted by Gasteiger charge is 2.16. The Labute approximate surface area is 139 Å². The molecule has 0 fully saturated rings. The molecular formula is C18H17N3O3. The van der Waals surface area contributed by atoms with Gasteiger partial charge in [-0.2, -0.15) is 10.2 Å². The molecule has 0 radical (unpaired) electrons. The van der Waals surface area contributed by atoms with Crippen LogP contribution in [0.2, 0.25) is 0 Å². The van der Waals surface area contributed by atoms with Gasteiger partial charge >= 0.3 is 0 Å². The molecule has 0 saturated heterocycles. The highest BCUT2D eigenvalue weighted by molar-refractivity contribution is 5.54. The lowest BCUT2D eigenvalue weighted by molar-refractivity contribution is 0.271. The normalized spacial score (nSPS) is 10.4. The van der Waals surface area contributed by atoms with Gasteiger partial charge in [0.15, 0.2) is 5.76 Å². The fourth-order valence-corrected chi connectivity index (χ4v) is 2.14. The Balaban J connectivity index is 1.71. The second-order valence-electron chi connectivity index (χ2n) is 5.21. The molecule has 24 heavy (non-hydrogen) atoms. The minimum Gasteiger partial charge on any atom is -0.486 e. The lowest BCUT2D eigenvalue weighted by Crippen LogP contribution is -1.96. The third kappa shape index (κ3) is 3.41. The van der Waals surface area contributed by atoms with Crippen LogP contribution in [0.15, 0.2) is 45.2 Å². The third-order valence-electron chi connectivity index (χ3n) is 3.34. The summed E-state index contributed by atoms with van der Waals surface area (Å²) in [6.07, 6.45) is 0. The zero-order valence-electron chi connectivity index (χ0n) is 13.5. The highest BCUT2D eigenvalue weighted by Crippen LogP contribution is 2.27. The van der Waals surface area contributed by atoms with Gasteiger partial charge in [-0.05, 0) is 38.1 Å². The van der Waals surface area contributed by atoms with Gasteiger partial charge in [0.25, 0.3) is 5.89 Å². The predicted molar refractivity (Wildman–Crippen MR) is 88.6 cm³/mol. The largest absolute Gasteiger partial charge is 0.486 e. The van der Waals surface area contributed by atoms with Gasteiger partial charge < -0.3 is 18.9 Å². The average Bonchev–Trinajstić information content (AvgIpc) is 3.21. The minimum absolute atomic E-state index is 0.209.